The van der Waals surface area contributed by atoms with Crippen molar-refractivity contribution >= 4 is 28.0 Å². The summed E-state index contributed by atoms with van der Waals surface area (Å²) in [4.78, 5) is 36.5. The van der Waals surface area contributed by atoms with Crippen LogP contribution in [0.3, 0.4) is 0 Å². The van der Waals surface area contributed by atoms with E-state index in [1.807, 2.05) is 0 Å². The Kier molecular flexibility index (Phi) is 20.4. The third kappa shape index (κ3) is 17.5. The quantitative estimate of drug-likeness (QED) is 0.0638. The van der Waals surface area contributed by atoms with Gasteiger partial charge in [0.1, 0.15) is 18.6 Å². The van der Waals surface area contributed by atoms with Gasteiger partial charge in [-0.05, 0) is 33.1 Å². The fourth-order valence-electron chi connectivity index (χ4n) is 2.93. The number of unbranched alkanes of at least 4 members (excludes halogenated alkanes) is 7. The maximum Gasteiger partial charge on any atom is 1.00 e. The molecule has 0 amide bonds. The maximum absolute atomic E-state index is 12.9. The van der Waals surface area contributed by atoms with Crippen LogP contribution in [-0.2, 0) is 38.7 Å². The fraction of sp³-hybridized carbons (Fsp3) is 0.708. The van der Waals surface area contributed by atoms with Gasteiger partial charge in [-0.2, -0.15) is 8.42 Å². The Hall–Kier alpha value is -0.564. The third-order valence-corrected chi connectivity index (χ3v) is 6.10. The summed E-state index contributed by atoms with van der Waals surface area (Å²) in [6.07, 6.45) is 6.74. The summed E-state index contributed by atoms with van der Waals surface area (Å²) in [5.41, 5.74) is -0.940. The van der Waals surface area contributed by atoms with Crippen LogP contribution in [-0.4, -0.2) is 56.5 Å². The van der Waals surface area contributed by atoms with Crippen molar-refractivity contribution in [2.24, 2.45) is 5.41 Å². The molecule has 0 bridgehead atoms. The Morgan fingerprint density at radius 3 is 1.57 bits per heavy atom. The smallest absolute Gasteiger partial charge is 1.00 e. The molecule has 9 nitrogen and oxygen atoms in total. The van der Waals surface area contributed by atoms with E-state index < -0.39 is 33.4 Å². The minimum atomic E-state index is -3.87. The zero-order valence-corrected chi connectivity index (χ0v) is 25.7. The van der Waals surface area contributed by atoms with E-state index in [1.54, 1.807) is 6.92 Å². The molecule has 0 fully saturated rings. The van der Waals surface area contributed by atoms with Gasteiger partial charge in [-0.25, -0.2) is 9.59 Å². The predicted molar refractivity (Wildman–Crippen MR) is 130 cm³/mol. The molecule has 0 saturated carbocycles. The zero-order valence-electron chi connectivity index (χ0n) is 22.7. The second-order valence-corrected chi connectivity index (χ2v) is 10.2. The molecule has 0 rings (SSSR count). The van der Waals surface area contributed by atoms with Gasteiger partial charge < -0.3 is 15.6 Å². The average Bonchev–Trinajstić information content (AvgIpc) is 2.76. The number of hydrogen-bond donors (Lipinski definition) is 1. The van der Waals surface area contributed by atoms with E-state index in [0.29, 0.717) is 12.8 Å². The van der Waals surface area contributed by atoms with Crippen LogP contribution in [0.15, 0.2) is 24.3 Å². The molecule has 198 valence electrons. The van der Waals surface area contributed by atoms with Crippen LogP contribution in [0.4, 0.5) is 0 Å². The molecular formula is C24H41KO9S. The van der Waals surface area contributed by atoms with Crippen molar-refractivity contribution in [3.63, 3.8) is 0 Å². The number of hydrogen-bond acceptors (Lipinski definition) is 8. The molecule has 1 N–H and O–H groups in total. The van der Waals surface area contributed by atoms with E-state index in [2.05, 4.69) is 13.2 Å². The molecule has 11 heteroatoms. The second kappa shape index (κ2) is 19.5. The van der Waals surface area contributed by atoms with Crippen molar-refractivity contribution in [3.05, 3.63) is 24.3 Å². The summed E-state index contributed by atoms with van der Waals surface area (Å²) in [6.45, 7) is 11.3. The standard InChI is InChI=1S/C24H40O9S.K.H/c1-6-24(17-32-21(25)19(2)3,18-33-22(26)20(4)5)23(27)31-15-13-11-9-7-8-10-12-14-16-34(28,29)30;;/h2,4,6-18H2,1,3,5H3,(H,28,29,30);;/q;+1;-1. The Morgan fingerprint density at radius 2 is 1.20 bits per heavy atom. The van der Waals surface area contributed by atoms with Crippen LogP contribution in [0, 0.1) is 5.41 Å². The number of carbonyl (C=O) groups excluding carboxylic acids is 3. The normalized spacial score (nSPS) is 11.2. The molecule has 0 aromatic carbocycles. The number of carbonyl (C=O) groups is 3. The average molecular weight is 545 g/mol. The maximum atomic E-state index is 12.9. The van der Waals surface area contributed by atoms with E-state index in [-0.39, 0.29) is 96.0 Å². The Morgan fingerprint density at radius 1 is 0.800 bits per heavy atom. The zero-order chi connectivity index (χ0) is 26.2. The van der Waals surface area contributed by atoms with E-state index in [4.69, 9.17) is 18.8 Å². The van der Waals surface area contributed by atoms with Gasteiger partial charge in [0.2, 0.25) is 0 Å². The van der Waals surface area contributed by atoms with Crippen LogP contribution < -0.4 is 51.4 Å². The topological polar surface area (TPSA) is 133 Å². The van der Waals surface area contributed by atoms with Crippen molar-refractivity contribution in [2.45, 2.75) is 78.6 Å². The fourth-order valence-corrected chi connectivity index (χ4v) is 3.50. The monoisotopic (exact) mass is 544 g/mol. The molecule has 0 saturated heterocycles. The summed E-state index contributed by atoms with van der Waals surface area (Å²) in [5, 5.41) is 0. The molecule has 0 aromatic heterocycles. The van der Waals surface area contributed by atoms with Crippen LogP contribution in [0.25, 0.3) is 0 Å². The van der Waals surface area contributed by atoms with Crippen molar-refractivity contribution in [3.8, 4) is 0 Å². The van der Waals surface area contributed by atoms with Gasteiger partial charge in [0.05, 0.1) is 12.4 Å². The number of ether oxygens (including phenoxy) is 3. The van der Waals surface area contributed by atoms with Gasteiger partial charge in [0.15, 0.2) is 0 Å². The molecule has 0 aliphatic carbocycles. The van der Waals surface area contributed by atoms with E-state index in [0.717, 1.165) is 38.5 Å². The van der Waals surface area contributed by atoms with Gasteiger partial charge >= 0.3 is 69.3 Å². The first-order valence-electron chi connectivity index (χ1n) is 11.6. The van der Waals surface area contributed by atoms with Gasteiger partial charge in [-0.3, -0.25) is 9.35 Å². The molecular weight excluding hydrogens is 503 g/mol. The summed E-state index contributed by atoms with van der Waals surface area (Å²) in [7, 11) is -3.87. The van der Waals surface area contributed by atoms with E-state index >= 15 is 0 Å². The Labute approximate surface area is 254 Å². The summed E-state index contributed by atoms with van der Waals surface area (Å²) < 4.78 is 45.8. The molecule has 0 aliphatic rings. The Bertz CT molecular complexity index is 782. The SMILES string of the molecule is C=C(C)C(=O)OCC(CC)(COC(=O)C(=C)C)C(=O)OCCCCCCCCCCS(=O)(=O)O.[H-].[K+]. The largest absolute Gasteiger partial charge is 1.00 e. The van der Waals surface area contributed by atoms with Crippen molar-refractivity contribution in [1.82, 2.24) is 0 Å². The summed E-state index contributed by atoms with van der Waals surface area (Å²) >= 11 is 0. The first-order chi connectivity index (χ1) is 15.8. The van der Waals surface area contributed by atoms with Crippen molar-refractivity contribution in [1.29, 1.82) is 0 Å². The predicted octanol–water partition coefficient (Wildman–Crippen LogP) is 1.29. The van der Waals surface area contributed by atoms with Gasteiger partial charge in [-0.1, -0.05) is 58.6 Å². The minimum Gasteiger partial charge on any atom is -1.00 e. The van der Waals surface area contributed by atoms with E-state index in [1.165, 1.54) is 13.8 Å². The van der Waals surface area contributed by atoms with Crippen LogP contribution >= 0.6 is 0 Å². The molecule has 0 aromatic rings. The van der Waals surface area contributed by atoms with Crippen LogP contribution in [0.1, 0.15) is 80.0 Å². The molecule has 0 atom stereocenters. The number of rotatable bonds is 19. The van der Waals surface area contributed by atoms with Gasteiger partial charge in [-0.15, -0.1) is 0 Å². The molecule has 0 aliphatic heterocycles. The minimum absolute atomic E-state index is 0. The number of esters is 3. The van der Waals surface area contributed by atoms with Gasteiger partial charge in [0.25, 0.3) is 10.1 Å². The molecule has 0 radical (unpaired) electrons. The van der Waals surface area contributed by atoms with E-state index in [9.17, 15) is 22.8 Å². The van der Waals surface area contributed by atoms with Crippen molar-refractivity contribution in [2.75, 3.05) is 25.6 Å². The molecule has 0 unspecified atom stereocenters. The first kappa shape index (κ1) is 36.6. The van der Waals surface area contributed by atoms with Crippen LogP contribution in [0.2, 0.25) is 0 Å². The molecule has 0 spiro atoms. The summed E-state index contributed by atoms with van der Waals surface area (Å²) in [5.74, 6) is -2.08. The van der Waals surface area contributed by atoms with Gasteiger partial charge in [0, 0.05) is 11.1 Å². The third-order valence-electron chi connectivity index (χ3n) is 5.30. The van der Waals surface area contributed by atoms with Crippen LogP contribution in [0.5, 0.6) is 0 Å². The molecule has 0 heterocycles. The first-order valence-corrected chi connectivity index (χ1v) is 13.2. The summed E-state index contributed by atoms with van der Waals surface area (Å²) in [6, 6.07) is 0. The second-order valence-electron chi connectivity index (χ2n) is 8.60. The Balaban J connectivity index is -0.00000544. The molecule has 35 heavy (non-hydrogen) atoms. The van der Waals surface area contributed by atoms with Crippen molar-refractivity contribution < 1.29 is 94.4 Å².